The van der Waals surface area contributed by atoms with Crippen LogP contribution in [-0.4, -0.2) is 33.1 Å². The van der Waals surface area contributed by atoms with Crippen LogP contribution in [0.4, 0.5) is 5.82 Å². The van der Waals surface area contributed by atoms with Gasteiger partial charge in [-0.2, -0.15) is 0 Å². The molecule has 0 amide bonds. The summed E-state index contributed by atoms with van der Waals surface area (Å²) in [6.45, 7) is 10.4. The van der Waals surface area contributed by atoms with Crippen molar-refractivity contribution >= 4 is 17.4 Å². The van der Waals surface area contributed by atoms with Crippen molar-refractivity contribution in [1.29, 1.82) is 0 Å². The summed E-state index contributed by atoms with van der Waals surface area (Å²) >= 11 is 6.50. The van der Waals surface area contributed by atoms with Crippen LogP contribution in [0, 0.1) is 18.3 Å². The van der Waals surface area contributed by atoms with Crippen LogP contribution in [0.15, 0.2) is 12.1 Å². The molecule has 1 aliphatic carbocycles. The van der Waals surface area contributed by atoms with Crippen molar-refractivity contribution in [3.63, 3.8) is 0 Å². The van der Waals surface area contributed by atoms with Crippen LogP contribution in [-0.2, 0) is 6.61 Å². The Labute approximate surface area is 184 Å². The van der Waals surface area contributed by atoms with Gasteiger partial charge in [-0.15, -0.1) is 0 Å². The Morgan fingerprint density at radius 2 is 1.90 bits per heavy atom. The zero-order valence-corrected chi connectivity index (χ0v) is 19.3. The molecule has 2 aliphatic rings. The summed E-state index contributed by atoms with van der Waals surface area (Å²) < 4.78 is 0. The van der Waals surface area contributed by atoms with Crippen molar-refractivity contribution in [3.05, 3.63) is 34.4 Å². The predicted octanol–water partition coefficient (Wildman–Crippen LogP) is 5.52. The summed E-state index contributed by atoms with van der Waals surface area (Å²) in [5, 5.41) is 10.5. The summed E-state index contributed by atoms with van der Waals surface area (Å²) in [7, 11) is 0. The van der Waals surface area contributed by atoms with Gasteiger partial charge in [0.2, 0.25) is 0 Å². The Morgan fingerprint density at radius 1 is 1.17 bits per heavy atom. The summed E-state index contributed by atoms with van der Waals surface area (Å²) in [5.74, 6) is 1.95. The topological polar surface area (TPSA) is 62.1 Å². The first-order chi connectivity index (χ1) is 14.3. The van der Waals surface area contributed by atoms with Crippen LogP contribution in [0.1, 0.15) is 75.9 Å². The number of hydrogen-bond donors (Lipinski definition) is 1. The van der Waals surface area contributed by atoms with E-state index in [-0.39, 0.29) is 6.61 Å². The highest BCUT2D eigenvalue weighted by Crippen LogP contribution is 2.50. The summed E-state index contributed by atoms with van der Waals surface area (Å²) in [6.07, 6.45) is 6.49. The SMILES string of the molecule is Cc1nc(N2CCC3(CCC[C@H]3C)CC2)c(CO)nc1-c1ccc(C(C)C)nc1Cl. The molecular weight excluding hydrogens is 396 g/mol. The van der Waals surface area contributed by atoms with Crippen molar-refractivity contribution in [1.82, 2.24) is 15.0 Å². The fourth-order valence-corrected chi connectivity index (χ4v) is 5.57. The summed E-state index contributed by atoms with van der Waals surface area (Å²) in [4.78, 5) is 16.5. The molecule has 2 aromatic rings. The average molecular weight is 429 g/mol. The van der Waals surface area contributed by atoms with Gasteiger partial charge in [0.1, 0.15) is 10.8 Å². The Balaban J connectivity index is 1.62. The lowest BCUT2D eigenvalue weighted by atomic mass is 9.71. The smallest absolute Gasteiger partial charge is 0.153 e. The van der Waals surface area contributed by atoms with Gasteiger partial charge in [-0.1, -0.05) is 45.2 Å². The molecule has 30 heavy (non-hydrogen) atoms. The lowest BCUT2D eigenvalue weighted by Gasteiger charge is -2.43. The minimum atomic E-state index is -0.136. The number of hydrogen-bond acceptors (Lipinski definition) is 5. The van der Waals surface area contributed by atoms with E-state index in [1.54, 1.807) is 0 Å². The molecule has 1 N–H and O–H groups in total. The first-order valence-corrected chi connectivity index (χ1v) is 11.6. The van der Waals surface area contributed by atoms with Gasteiger partial charge < -0.3 is 10.0 Å². The lowest BCUT2D eigenvalue weighted by molar-refractivity contribution is 0.161. The van der Waals surface area contributed by atoms with Crippen LogP contribution < -0.4 is 4.90 Å². The van der Waals surface area contributed by atoms with Crippen LogP contribution >= 0.6 is 11.6 Å². The summed E-state index contributed by atoms with van der Waals surface area (Å²) in [5.41, 5.74) is 4.37. The van der Waals surface area contributed by atoms with Crippen LogP contribution in [0.2, 0.25) is 5.15 Å². The van der Waals surface area contributed by atoms with Gasteiger partial charge >= 0.3 is 0 Å². The van der Waals surface area contributed by atoms with E-state index >= 15 is 0 Å². The number of aromatic nitrogens is 3. The first kappa shape index (κ1) is 21.5. The van der Waals surface area contributed by atoms with E-state index in [1.165, 1.54) is 32.1 Å². The van der Waals surface area contributed by atoms with E-state index in [4.69, 9.17) is 21.6 Å². The van der Waals surface area contributed by atoms with Crippen LogP contribution in [0.25, 0.3) is 11.3 Å². The number of aliphatic hydroxyl groups excluding tert-OH is 1. The Bertz CT molecular complexity index is 922. The maximum atomic E-state index is 10.1. The molecule has 0 radical (unpaired) electrons. The number of nitrogens with zero attached hydrogens (tertiary/aromatic N) is 4. The second-order valence-electron chi connectivity index (χ2n) is 9.46. The van der Waals surface area contributed by atoms with E-state index in [9.17, 15) is 5.11 Å². The van der Waals surface area contributed by atoms with E-state index in [0.717, 1.165) is 41.8 Å². The van der Waals surface area contributed by atoms with Crippen molar-refractivity contribution in [2.75, 3.05) is 18.0 Å². The molecule has 5 nitrogen and oxygen atoms in total. The third-order valence-corrected chi connectivity index (χ3v) is 7.69. The van der Waals surface area contributed by atoms with Crippen LogP contribution in [0.3, 0.4) is 0 Å². The van der Waals surface area contributed by atoms with Gasteiger partial charge in [0.25, 0.3) is 0 Å². The second kappa shape index (κ2) is 8.43. The molecule has 1 saturated carbocycles. The number of rotatable bonds is 4. The van der Waals surface area contributed by atoms with Gasteiger partial charge in [-0.25, -0.2) is 15.0 Å². The Hall–Kier alpha value is -1.72. The molecular formula is C24H33ClN4O. The van der Waals surface area contributed by atoms with Crippen LogP contribution in [0.5, 0.6) is 0 Å². The number of pyridine rings is 1. The molecule has 0 aromatic carbocycles. The van der Waals surface area contributed by atoms with Gasteiger partial charge in [0, 0.05) is 24.3 Å². The van der Waals surface area contributed by atoms with Gasteiger partial charge in [0.05, 0.1) is 18.0 Å². The number of aliphatic hydroxyl groups is 1. The molecule has 1 spiro atoms. The number of aryl methyl sites for hydroxylation is 1. The fourth-order valence-electron chi connectivity index (χ4n) is 5.32. The van der Waals surface area contributed by atoms with Gasteiger partial charge in [-0.3, -0.25) is 0 Å². The van der Waals surface area contributed by atoms with E-state index in [1.807, 2.05) is 19.1 Å². The standard InChI is InChI=1S/C24H33ClN4O/c1-15(2)19-8-7-18(22(25)28-19)21-17(4)26-23(20(14-30)27-21)29-12-10-24(11-13-29)9-5-6-16(24)3/h7-8,15-16,30H,5-6,9-14H2,1-4H3/t16-/m1/s1. The van der Waals surface area contributed by atoms with Crippen molar-refractivity contribution in [2.45, 2.75) is 72.3 Å². The highest BCUT2D eigenvalue weighted by Gasteiger charge is 2.42. The Morgan fingerprint density at radius 3 is 2.47 bits per heavy atom. The molecule has 3 heterocycles. The molecule has 0 unspecified atom stereocenters. The number of anilines is 1. The average Bonchev–Trinajstić information content (AvgIpc) is 3.08. The maximum Gasteiger partial charge on any atom is 0.153 e. The highest BCUT2D eigenvalue weighted by atomic mass is 35.5. The molecule has 162 valence electrons. The van der Waals surface area contributed by atoms with E-state index < -0.39 is 0 Å². The maximum absolute atomic E-state index is 10.1. The monoisotopic (exact) mass is 428 g/mol. The first-order valence-electron chi connectivity index (χ1n) is 11.2. The molecule has 2 fully saturated rings. The largest absolute Gasteiger partial charge is 0.390 e. The molecule has 0 bridgehead atoms. The molecule has 4 rings (SSSR count). The predicted molar refractivity (Wildman–Crippen MR) is 122 cm³/mol. The fraction of sp³-hybridized carbons (Fsp3) is 0.625. The lowest BCUT2D eigenvalue weighted by Crippen LogP contribution is -2.42. The molecule has 1 aliphatic heterocycles. The van der Waals surface area contributed by atoms with E-state index in [2.05, 4.69) is 30.7 Å². The third kappa shape index (κ3) is 3.82. The highest BCUT2D eigenvalue weighted by molar-refractivity contribution is 6.32. The Kier molecular flexibility index (Phi) is 6.04. The van der Waals surface area contributed by atoms with E-state index in [0.29, 0.717) is 27.9 Å². The molecule has 1 atom stereocenters. The van der Waals surface area contributed by atoms with Crippen molar-refractivity contribution in [3.8, 4) is 11.3 Å². The van der Waals surface area contributed by atoms with Crippen molar-refractivity contribution < 1.29 is 5.11 Å². The normalized spacial score (nSPS) is 21.0. The molecule has 2 aromatic heterocycles. The third-order valence-electron chi connectivity index (χ3n) is 7.40. The molecule has 1 saturated heterocycles. The quantitative estimate of drug-likeness (QED) is 0.649. The van der Waals surface area contributed by atoms with Gasteiger partial charge in [-0.05, 0) is 55.6 Å². The number of piperidine rings is 1. The van der Waals surface area contributed by atoms with Gasteiger partial charge in [0.15, 0.2) is 5.82 Å². The number of halogens is 1. The van der Waals surface area contributed by atoms with Crippen molar-refractivity contribution in [2.24, 2.45) is 11.3 Å². The zero-order valence-electron chi connectivity index (χ0n) is 18.6. The summed E-state index contributed by atoms with van der Waals surface area (Å²) in [6, 6.07) is 3.96. The molecule has 6 heteroatoms. The second-order valence-corrected chi connectivity index (χ2v) is 9.82. The zero-order chi connectivity index (χ0) is 21.5. The minimum Gasteiger partial charge on any atom is -0.390 e. The minimum absolute atomic E-state index is 0.136.